The Morgan fingerprint density at radius 2 is 2.67 bits per heavy atom. The van der Waals surface area contributed by atoms with Crippen LogP contribution in [-0.2, 0) is 0 Å². The second kappa shape index (κ2) is 2.20. The normalized spacial score (nSPS) is 18.7. The van der Waals surface area contributed by atoms with Gasteiger partial charge in [0, 0.05) is 10.8 Å². The highest BCUT2D eigenvalue weighted by molar-refractivity contribution is 8.81. The minimum absolute atomic E-state index is 1.35. The van der Waals surface area contributed by atoms with Gasteiger partial charge in [-0.25, -0.2) is 0 Å². The summed E-state index contributed by atoms with van der Waals surface area (Å²) < 4.78 is 3.54. The predicted octanol–water partition coefficient (Wildman–Crippen LogP) is -0.227. The molecule has 1 aliphatic rings. The number of nitrogens with one attached hydrogen (secondary N) is 1. The molecule has 0 spiro atoms. The predicted molar refractivity (Wildman–Crippen MR) is 27.1 cm³/mol. The van der Waals surface area contributed by atoms with Crippen molar-refractivity contribution in [3.8, 4) is 0 Å². The van der Waals surface area contributed by atoms with Gasteiger partial charge < -0.3 is 0 Å². The van der Waals surface area contributed by atoms with Gasteiger partial charge in [-0.05, 0) is 0 Å². The molecule has 0 amide bonds. The average molecular weight is 120 g/mol. The maximum atomic E-state index is 3.54. The molecule has 0 bridgehead atoms. The smallest absolute Gasteiger partial charge is 0.143 e. The lowest BCUT2D eigenvalue weighted by molar-refractivity contribution is -0.463. The molecule has 3 nitrogen and oxygen atoms in total. The maximum Gasteiger partial charge on any atom is 0.218 e. The molecule has 1 heterocycles. The summed E-state index contributed by atoms with van der Waals surface area (Å²) in [4.78, 5) is 0. The molecule has 0 unspecified atom stereocenters. The Hall–Kier alpha value is -0.0300. The van der Waals surface area contributed by atoms with Gasteiger partial charge in [-0.2, -0.15) is 0 Å². The standard InChI is InChI=1S/CHN3S2/c1-2-3-4-6-5-1/h1H/p+1. The van der Waals surface area contributed by atoms with E-state index in [-0.39, 0.29) is 0 Å². The van der Waals surface area contributed by atoms with Crippen LogP contribution in [0.2, 0.25) is 0 Å². The molecule has 0 atom stereocenters. The van der Waals surface area contributed by atoms with Crippen LogP contribution in [0.5, 0.6) is 0 Å². The zero-order chi connectivity index (χ0) is 4.24. The lowest BCUT2D eigenvalue weighted by Gasteiger charge is -1.73. The van der Waals surface area contributed by atoms with Crippen LogP contribution < -0.4 is 5.10 Å². The van der Waals surface area contributed by atoms with Crippen molar-refractivity contribution in [2.75, 3.05) is 0 Å². The Morgan fingerprint density at radius 1 is 1.67 bits per heavy atom. The van der Waals surface area contributed by atoms with Crippen LogP contribution in [-0.4, -0.2) is 5.55 Å². The first-order chi connectivity index (χ1) is 3.00. The molecular formula is CH2N3S2+. The Labute approximate surface area is 42.8 Å². The van der Waals surface area contributed by atoms with E-state index in [2.05, 4.69) is 14.8 Å². The van der Waals surface area contributed by atoms with E-state index >= 15 is 0 Å². The molecule has 6 heavy (non-hydrogen) atoms. The molecule has 0 aliphatic carbocycles. The van der Waals surface area contributed by atoms with Crippen LogP contribution in [0, 0.1) is 0 Å². The van der Waals surface area contributed by atoms with Gasteiger partial charge in [0.15, 0.2) is 5.55 Å². The molecule has 0 saturated heterocycles. The molecule has 0 radical (unpaired) electrons. The van der Waals surface area contributed by atoms with Crippen molar-refractivity contribution in [2.45, 2.75) is 0 Å². The van der Waals surface area contributed by atoms with Crippen LogP contribution in [0.3, 0.4) is 0 Å². The maximum absolute atomic E-state index is 3.54. The van der Waals surface area contributed by atoms with Gasteiger partial charge in [0.25, 0.3) is 0 Å². The van der Waals surface area contributed by atoms with E-state index in [9.17, 15) is 0 Å². The lowest BCUT2D eigenvalue weighted by atomic mass is 11.7. The summed E-state index contributed by atoms with van der Waals surface area (Å²) in [5.41, 5.74) is 1.76. The summed E-state index contributed by atoms with van der Waals surface area (Å²) in [5.74, 6) is 0. The van der Waals surface area contributed by atoms with Gasteiger partial charge in [-0.1, -0.05) is 0 Å². The molecule has 0 aromatic heterocycles. The summed E-state index contributed by atoms with van der Waals surface area (Å²) in [6.45, 7) is 0. The van der Waals surface area contributed by atoms with Crippen molar-refractivity contribution in [2.24, 2.45) is 9.74 Å². The Kier molecular flexibility index (Phi) is 1.52. The highest BCUT2D eigenvalue weighted by Gasteiger charge is 1.93. The molecule has 0 saturated carbocycles. The van der Waals surface area contributed by atoms with Gasteiger partial charge in [0.1, 0.15) is 9.74 Å². The Morgan fingerprint density at radius 3 is 2.83 bits per heavy atom. The molecule has 1 rings (SSSR count). The summed E-state index contributed by atoms with van der Waals surface area (Å²) in [6, 6.07) is 0. The Bertz CT molecular complexity index is 74.8. The minimum Gasteiger partial charge on any atom is -0.143 e. The summed E-state index contributed by atoms with van der Waals surface area (Å²) >= 11 is 0. The Balaban J connectivity index is 2.46. The third kappa shape index (κ3) is 0.983. The van der Waals surface area contributed by atoms with Crippen LogP contribution in [0.1, 0.15) is 0 Å². The molecule has 1 aliphatic heterocycles. The van der Waals surface area contributed by atoms with Crippen LogP contribution in [0.15, 0.2) is 9.74 Å². The fourth-order valence-corrected chi connectivity index (χ4v) is 0.852. The van der Waals surface area contributed by atoms with Crippen molar-refractivity contribution in [3.63, 3.8) is 0 Å². The largest absolute Gasteiger partial charge is 0.218 e. The number of hydrogen-bond donors (Lipinski definition) is 1. The molecule has 32 valence electrons. The molecule has 0 aromatic carbocycles. The zero-order valence-corrected chi connectivity index (χ0v) is 4.42. The third-order valence-corrected chi connectivity index (χ3v) is 1.46. The van der Waals surface area contributed by atoms with E-state index in [4.69, 9.17) is 0 Å². The summed E-state index contributed by atoms with van der Waals surface area (Å²) in [7, 11) is 2.87. The first kappa shape index (κ1) is 4.14. The van der Waals surface area contributed by atoms with Gasteiger partial charge in [0.2, 0.25) is 11.0 Å². The highest BCUT2D eigenvalue weighted by Crippen LogP contribution is 2.18. The molecular weight excluding hydrogens is 118 g/mol. The topological polar surface area (TPSA) is 38.7 Å². The van der Waals surface area contributed by atoms with Crippen LogP contribution in [0.4, 0.5) is 0 Å². The quantitative estimate of drug-likeness (QED) is 0.354. The van der Waals surface area contributed by atoms with E-state index in [0.717, 1.165) is 0 Å². The molecule has 5 heteroatoms. The lowest BCUT2D eigenvalue weighted by Crippen LogP contribution is -2.60. The van der Waals surface area contributed by atoms with Crippen molar-refractivity contribution in [1.82, 2.24) is 0 Å². The van der Waals surface area contributed by atoms with Crippen LogP contribution in [0.25, 0.3) is 0 Å². The number of rotatable bonds is 0. The van der Waals surface area contributed by atoms with Crippen molar-refractivity contribution < 1.29 is 5.10 Å². The SMILES string of the molecule is C1=[NH+]N=NSS1. The number of nitrogens with zero attached hydrogens (tertiary/aromatic N) is 2. The summed E-state index contributed by atoms with van der Waals surface area (Å²) in [6.07, 6.45) is 0. The molecule has 0 fully saturated rings. The molecule has 1 N–H and O–H groups in total. The number of hydrogen-bond acceptors (Lipinski definition) is 4. The van der Waals surface area contributed by atoms with Crippen molar-refractivity contribution in [1.29, 1.82) is 0 Å². The summed E-state index contributed by atoms with van der Waals surface area (Å²) in [5, 5.41) is 6.00. The minimum atomic E-state index is 1.35. The third-order valence-electron chi connectivity index (χ3n) is 0.276. The van der Waals surface area contributed by atoms with E-state index in [0.29, 0.717) is 0 Å². The first-order valence-electron chi connectivity index (χ1n) is 1.30. The van der Waals surface area contributed by atoms with Gasteiger partial charge in [0.05, 0.1) is 0 Å². The van der Waals surface area contributed by atoms with E-state index < -0.39 is 0 Å². The van der Waals surface area contributed by atoms with E-state index in [1.54, 1.807) is 5.55 Å². The molecule has 0 aromatic rings. The average Bonchev–Trinajstić information content (AvgIpc) is 1.72. The van der Waals surface area contributed by atoms with Gasteiger partial charge in [-0.3, -0.25) is 0 Å². The second-order valence-corrected chi connectivity index (χ2v) is 2.36. The van der Waals surface area contributed by atoms with Gasteiger partial charge in [-0.15, -0.1) is 5.10 Å². The highest BCUT2D eigenvalue weighted by atomic mass is 33.1. The van der Waals surface area contributed by atoms with Gasteiger partial charge >= 0.3 is 0 Å². The second-order valence-electron chi connectivity index (χ2n) is 0.599. The van der Waals surface area contributed by atoms with Crippen LogP contribution >= 0.6 is 21.8 Å². The van der Waals surface area contributed by atoms with E-state index in [1.807, 2.05) is 0 Å². The van der Waals surface area contributed by atoms with E-state index in [1.165, 1.54) is 21.8 Å². The first-order valence-corrected chi connectivity index (χ1v) is 3.47. The van der Waals surface area contributed by atoms with Crippen molar-refractivity contribution >= 4 is 27.3 Å². The fraction of sp³-hybridized carbons (Fsp3) is 0. The fourth-order valence-electron chi connectivity index (χ4n) is 0.126. The zero-order valence-electron chi connectivity index (χ0n) is 2.79. The monoisotopic (exact) mass is 120 g/mol. The van der Waals surface area contributed by atoms with Crippen molar-refractivity contribution in [3.05, 3.63) is 0 Å².